The minimum atomic E-state index is -0.787. The molecule has 0 radical (unpaired) electrons. The molecular weight excluding hydrogens is 244 g/mol. The van der Waals surface area contributed by atoms with E-state index < -0.39 is 5.97 Å². The third-order valence-corrected chi connectivity index (χ3v) is 4.15. The van der Waals surface area contributed by atoms with Crippen molar-refractivity contribution in [3.63, 3.8) is 0 Å². The maximum Gasteiger partial charge on any atom is 0.304 e. The van der Waals surface area contributed by atoms with E-state index in [-0.39, 0.29) is 12.3 Å². The molecule has 0 spiro atoms. The highest BCUT2D eigenvalue weighted by Crippen LogP contribution is 2.27. The number of carboxylic acid groups (broad SMARTS) is 1. The molecule has 0 bridgehead atoms. The van der Waals surface area contributed by atoms with Crippen LogP contribution in [0, 0.1) is 5.92 Å². The molecule has 1 saturated heterocycles. The Morgan fingerprint density at radius 2 is 1.84 bits per heavy atom. The van der Waals surface area contributed by atoms with E-state index in [1.165, 1.54) is 0 Å². The van der Waals surface area contributed by atoms with Crippen molar-refractivity contribution in [2.45, 2.75) is 45.1 Å². The van der Waals surface area contributed by atoms with Crippen LogP contribution in [0.25, 0.3) is 0 Å². The highest BCUT2D eigenvalue weighted by molar-refractivity contribution is 5.78. The van der Waals surface area contributed by atoms with Crippen molar-refractivity contribution in [1.82, 2.24) is 9.80 Å². The van der Waals surface area contributed by atoms with E-state index >= 15 is 0 Å². The van der Waals surface area contributed by atoms with Gasteiger partial charge in [-0.15, -0.1) is 0 Å². The number of piperidine rings is 1. The average Bonchev–Trinajstić information content (AvgIpc) is 3.19. The summed E-state index contributed by atoms with van der Waals surface area (Å²) in [5.74, 6) is 0.102. The van der Waals surface area contributed by atoms with Gasteiger partial charge in [0.2, 0.25) is 5.91 Å². The number of hydrogen-bond donors (Lipinski definition) is 1. The van der Waals surface area contributed by atoms with E-state index in [2.05, 4.69) is 11.8 Å². The number of amides is 1. The number of carbonyl (C=O) groups is 2. The Morgan fingerprint density at radius 3 is 2.37 bits per heavy atom. The number of likely N-dealkylation sites (tertiary alicyclic amines) is 1. The fraction of sp³-hybridized carbons (Fsp3) is 0.857. The molecule has 1 aliphatic carbocycles. The van der Waals surface area contributed by atoms with Crippen molar-refractivity contribution in [3.8, 4) is 0 Å². The normalized spacial score (nSPS) is 20.8. The van der Waals surface area contributed by atoms with E-state index in [0.717, 1.165) is 44.7 Å². The fourth-order valence-corrected chi connectivity index (χ4v) is 2.60. The van der Waals surface area contributed by atoms with Gasteiger partial charge in [0.05, 0.1) is 13.0 Å². The molecule has 108 valence electrons. The van der Waals surface area contributed by atoms with Crippen LogP contribution < -0.4 is 0 Å². The predicted molar refractivity (Wildman–Crippen MR) is 71.8 cm³/mol. The Bertz CT molecular complexity index is 334. The lowest BCUT2D eigenvalue weighted by molar-refractivity contribution is -0.139. The highest BCUT2D eigenvalue weighted by Gasteiger charge is 2.32. The first-order valence-electron chi connectivity index (χ1n) is 7.30. The summed E-state index contributed by atoms with van der Waals surface area (Å²) in [5, 5.41) is 8.75. The largest absolute Gasteiger partial charge is 0.481 e. The minimum Gasteiger partial charge on any atom is -0.481 e. The SMILES string of the molecule is CC1CCN(C(=O)CN(CCC(=O)O)C2CC2)CC1. The molecule has 1 N–H and O–H groups in total. The molecule has 1 amide bonds. The van der Waals surface area contributed by atoms with Crippen LogP contribution in [0.3, 0.4) is 0 Å². The van der Waals surface area contributed by atoms with Gasteiger partial charge in [-0.25, -0.2) is 0 Å². The zero-order valence-corrected chi connectivity index (χ0v) is 11.7. The Balaban J connectivity index is 1.79. The molecule has 0 atom stereocenters. The van der Waals surface area contributed by atoms with Crippen molar-refractivity contribution in [1.29, 1.82) is 0 Å². The zero-order chi connectivity index (χ0) is 13.8. The third kappa shape index (κ3) is 4.49. The first-order chi connectivity index (χ1) is 9.06. The second-order valence-corrected chi connectivity index (χ2v) is 5.91. The second kappa shape index (κ2) is 6.37. The number of carboxylic acids is 1. The summed E-state index contributed by atoms with van der Waals surface area (Å²) >= 11 is 0. The molecule has 0 unspecified atom stereocenters. The van der Waals surface area contributed by atoms with E-state index in [1.807, 2.05) is 4.90 Å². The maximum atomic E-state index is 12.2. The Morgan fingerprint density at radius 1 is 1.21 bits per heavy atom. The average molecular weight is 268 g/mol. The van der Waals surface area contributed by atoms with Gasteiger partial charge in [-0.05, 0) is 31.6 Å². The molecule has 2 aliphatic rings. The standard InChI is InChI=1S/C14H24N2O3/c1-11-4-7-15(8-5-11)13(17)10-16(12-2-3-12)9-6-14(18)19/h11-12H,2-10H2,1H3,(H,18,19). The van der Waals surface area contributed by atoms with Gasteiger partial charge >= 0.3 is 5.97 Å². The molecule has 1 heterocycles. The van der Waals surface area contributed by atoms with Gasteiger partial charge in [0.1, 0.15) is 0 Å². The van der Waals surface area contributed by atoms with Gasteiger partial charge in [0.25, 0.3) is 0 Å². The predicted octanol–water partition coefficient (Wildman–Crippen LogP) is 1.18. The molecule has 1 aliphatic heterocycles. The fourth-order valence-electron chi connectivity index (χ4n) is 2.60. The van der Waals surface area contributed by atoms with Crippen molar-refractivity contribution >= 4 is 11.9 Å². The quantitative estimate of drug-likeness (QED) is 0.786. The summed E-state index contributed by atoms with van der Waals surface area (Å²) in [6, 6.07) is 0.437. The maximum absolute atomic E-state index is 12.2. The monoisotopic (exact) mass is 268 g/mol. The highest BCUT2D eigenvalue weighted by atomic mass is 16.4. The Kier molecular flexibility index (Phi) is 4.80. The van der Waals surface area contributed by atoms with Crippen molar-refractivity contribution in [3.05, 3.63) is 0 Å². The Labute approximate surface area is 114 Å². The number of hydrogen-bond acceptors (Lipinski definition) is 3. The molecule has 5 nitrogen and oxygen atoms in total. The van der Waals surface area contributed by atoms with Gasteiger partial charge < -0.3 is 10.0 Å². The number of nitrogens with zero attached hydrogens (tertiary/aromatic N) is 2. The van der Waals surface area contributed by atoms with Crippen LogP contribution in [-0.4, -0.2) is 59.0 Å². The van der Waals surface area contributed by atoms with Crippen LogP contribution in [-0.2, 0) is 9.59 Å². The molecule has 1 saturated carbocycles. The first kappa shape index (κ1) is 14.3. The topological polar surface area (TPSA) is 60.9 Å². The zero-order valence-electron chi connectivity index (χ0n) is 11.7. The number of rotatable bonds is 6. The summed E-state index contributed by atoms with van der Waals surface area (Å²) in [6.45, 7) is 4.84. The lowest BCUT2D eigenvalue weighted by Gasteiger charge is -2.32. The lowest BCUT2D eigenvalue weighted by atomic mass is 9.99. The molecule has 0 aromatic heterocycles. The van der Waals surface area contributed by atoms with Crippen LogP contribution in [0.1, 0.15) is 39.0 Å². The van der Waals surface area contributed by atoms with Crippen LogP contribution in [0.2, 0.25) is 0 Å². The van der Waals surface area contributed by atoms with Gasteiger partial charge in [-0.3, -0.25) is 14.5 Å². The third-order valence-electron chi connectivity index (χ3n) is 4.15. The van der Waals surface area contributed by atoms with Crippen molar-refractivity contribution < 1.29 is 14.7 Å². The molecule has 19 heavy (non-hydrogen) atoms. The van der Waals surface area contributed by atoms with Crippen LogP contribution in [0.5, 0.6) is 0 Å². The second-order valence-electron chi connectivity index (χ2n) is 5.91. The number of aliphatic carboxylic acids is 1. The van der Waals surface area contributed by atoms with Gasteiger partial charge in [0, 0.05) is 25.7 Å². The van der Waals surface area contributed by atoms with Crippen LogP contribution in [0.15, 0.2) is 0 Å². The van der Waals surface area contributed by atoms with E-state index in [4.69, 9.17) is 5.11 Å². The van der Waals surface area contributed by atoms with E-state index in [9.17, 15) is 9.59 Å². The summed E-state index contributed by atoms with van der Waals surface area (Å²) in [7, 11) is 0. The van der Waals surface area contributed by atoms with E-state index in [1.54, 1.807) is 0 Å². The van der Waals surface area contributed by atoms with Crippen molar-refractivity contribution in [2.24, 2.45) is 5.92 Å². The molecule has 0 aromatic carbocycles. The Hall–Kier alpha value is -1.10. The molecular formula is C14H24N2O3. The number of carbonyl (C=O) groups excluding carboxylic acids is 1. The first-order valence-corrected chi connectivity index (χ1v) is 7.30. The summed E-state index contributed by atoms with van der Waals surface area (Å²) in [6.07, 6.45) is 4.50. The summed E-state index contributed by atoms with van der Waals surface area (Å²) < 4.78 is 0. The molecule has 2 rings (SSSR count). The van der Waals surface area contributed by atoms with Gasteiger partial charge in [-0.1, -0.05) is 6.92 Å². The molecule has 5 heteroatoms. The summed E-state index contributed by atoms with van der Waals surface area (Å²) in [4.78, 5) is 26.9. The molecule has 0 aromatic rings. The lowest BCUT2D eigenvalue weighted by Crippen LogP contribution is -2.45. The summed E-state index contributed by atoms with van der Waals surface area (Å²) in [5.41, 5.74) is 0. The van der Waals surface area contributed by atoms with E-state index in [0.29, 0.717) is 19.1 Å². The van der Waals surface area contributed by atoms with Crippen LogP contribution in [0.4, 0.5) is 0 Å². The van der Waals surface area contributed by atoms with Gasteiger partial charge in [0.15, 0.2) is 0 Å². The van der Waals surface area contributed by atoms with Gasteiger partial charge in [-0.2, -0.15) is 0 Å². The van der Waals surface area contributed by atoms with Crippen molar-refractivity contribution in [2.75, 3.05) is 26.2 Å². The molecule has 2 fully saturated rings. The smallest absolute Gasteiger partial charge is 0.304 e. The van der Waals surface area contributed by atoms with Crippen LogP contribution >= 0.6 is 0 Å². The minimum absolute atomic E-state index is 0.126.